The Labute approximate surface area is 169 Å². The molecule has 1 aromatic carbocycles. The largest absolute Gasteiger partial charge is 0.477 e. The third kappa shape index (κ3) is 5.25. The molecule has 4 rings (SSSR count). The Morgan fingerprint density at radius 1 is 1.28 bits per heavy atom. The van der Waals surface area contributed by atoms with Crippen molar-refractivity contribution in [3.8, 4) is 5.75 Å². The van der Waals surface area contributed by atoms with E-state index in [9.17, 15) is 9.59 Å². The minimum atomic E-state index is -0.282. The van der Waals surface area contributed by atoms with E-state index in [0.29, 0.717) is 18.8 Å². The van der Waals surface area contributed by atoms with Crippen LogP contribution in [-0.2, 0) is 29.0 Å². The highest BCUT2D eigenvalue weighted by molar-refractivity contribution is 5.77. The number of amides is 1. The Morgan fingerprint density at radius 2 is 2.14 bits per heavy atom. The van der Waals surface area contributed by atoms with Crippen molar-refractivity contribution in [1.29, 1.82) is 0 Å². The molecule has 0 spiro atoms. The lowest BCUT2D eigenvalue weighted by Gasteiger charge is -2.28. The molecule has 0 aliphatic carbocycles. The fraction of sp³-hybridized carbons (Fsp3) is 0.455. The molecule has 0 bridgehead atoms. The number of hydrogen-bond donors (Lipinski definition) is 1. The monoisotopic (exact) mass is 398 g/mol. The molecule has 1 atom stereocenters. The van der Waals surface area contributed by atoms with Crippen molar-refractivity contribution in [2.24, 2.45) is 0 Å². The van der Waals surface area contributed by atoms with Crippen molar-refractivity contribution in [3.63, 3.8) is 0 Å². The lowest BCUT2D eigenvalue weighted by molar-refractivity contribution is -0.123. The summed E-state index contributed by atoms with van der Waals surface area (Å²) in [6, 6.07) is 9.86. The van der Waals surface area contributed by atoms with Gasteiger partial charge < -0.3 is 19.2 Å². The van der Waals surface area contributed by atoms with E-state index in [1.54, 1.807) is 0 Å². The molecule has 1 amide bonds. The number of nitrogens with one attached hydrogen (secondary N) is 1. The van der Waals surface area contributed by atoms with E-state index in [-0.39, 0.29) is 29.8 Å². The second-order valence-corrected chi connectivity index (χ2v) is 7.53. The molecule has 1 saturated heterocycles. The maximum atomic E-state index is 12.3. The molecule has 1 fully saturated rings. The zero-order valence-corrected chi connectivity index (χ0v) is 16.4. The number of benzene rings is 1. The normalized spacial score (nSPS) is 19.0. The topological polar surface area (TPSA) is 81.0 Å². The van der Waals surface area contributed by atoms with Crippen molar-refractivity contribution >= 4 is 5.91 Å². The van der Waals surface area contributed by atoms with Crippen LogP contribution in [0.5, 0.6) is 5.75 Å². The van der Waals surface area contributed by atoms with Gasteiger partial charge in [-0.25, -0.2) is 0 Å². The number of fused-ring (bicyclic) bond motifs is 1. The molecule has 1 aromatic heterocycles. The van der Waals surface area contributed by atoms with Crippen LogP contribution in [0.2, 0.25) is 0 Å². The van der Waals surface area contributed by atoms with E-state index < -0.39 is 0 Å². The quantitative estimate of drug-likeness (QED) is 0.767. The molecule has 3 heterocycles. The smallest absolute Gasteiger partial charge is 0.258 e. The maximum absolute atomic E-state index is 12.3. The summed E-state index contributed by atoms with van der Waals surface area (Å²) >= 11 is 0. The fourth-order valence-corrected chi connectivity index (χ4v) is 3.76. The summed E-state index contributed by atoms with van der Waals surface area (Å²) in [6.07, 6.45) is 4.33. The maximum Gasteiger partial charge on any atom is 0.258 e. The van der Waals surface area contributed by atoms with Crippen LogP contribution < -0.4 is 15.5 Å². The van der Waals surface area contributed by atoms with E-state index >= 15 is 0 Å². The van der Waals surface area contributed by atoms with Crippen molar-refractivity contribution in [1.82, 2.24) is 10.2 Å². The lowest BCUT2D eigenvalue weighted by atomic mass is 10.00. The average molecular weight is 398 g/mol. The summed E-state index contributed by atoms with van der Waals surface area (Å²) in [6.45, 7) is 3.31. The first kappa shape index (κ1) is 19.7. The SMILES string of the molecule is O=C(COc1coc(CN2CCc3ccccc3C2)cc1=O)NC[C@H]1CCCO1. The second-order valence-electron chi connectivity index (χ2n) is 7.53. The van der Waals surface area contributed by atoms with Crippen LogP contribution in [0.4, 0.5) is 0 Å². The summed E-state index contributed by atoms with van der Waals surface area (Å²) in [5.74, 6) is 0.352. The number of carbonyl (C=O) groups excluding carboxylic acids is 1. The molecular formula is C22H26N2O5. The lowest BCUT2D eigenvalue weighted by Crippen LogP contribution is -2.35. The van der Waals surface area contributed by atoms with Gasteiger partial charge in [0.1, 0.15) is 12.0 Å². The molecule has 7 heteroatoms. The van der Waals surface area contributed by atoms with Gasteiger partial charge in [0.25, 0.3) is 5.91 Å². The van der Waals surface area contributed by atoms with Crippen LogP contribution in [0, 0.1) is 0 Å². The van der Waals surface area contributed by atoms with Crippen molar-refractivity contribution < 1.29 is 18.7 Å². The Hall–Kier alpha value is -2.64. The first-order chi connectivity index (χ1) is 14.2. The highest BCUT2D eigenvalue weighted by atomic mass is 16.5. The minimum absolute atomic E-state index is 0.0463. The third-order valence-electron chi connectivity index (χ3n) is 5.35. The van der Waals surface area contributed by atoms with Crippen LogP contribution in [0.1, 0.15) is 29.7 Å². The van der Waals surface area contributed by atoms with Gasteiger partial charge >= 0.3 is 0 Å². The van der Waals surface area contributed by atoms with Gasteiger partial charge in [0.2, 0.25) is 11.2 Å². The number of rotatable bonds is 7. The molecular weight excluding hydrogens is 372 g/mol. The number of carbonyl (C=O) groups is 1. The van der Waals surface area contributed by atoms with Gasteiger partial charge in [-0.05, 0) is 30.4 Å². The van der Waals surface area contributed by atoms with Crippen LogP contribution in [0.3, 0.4) is 0 Å². The van der Waals surface area contributed by atoms with Gasteiger partial charge in [0, 0.05) is 32.3 Å². The molecule has 2 aromatic rings. The molecule has 0 saturated carbocycles. The predicted octanol–water partition coefficient (Wildman–Crippen LogP) is 1.87. The van der Waals surface area contributed by atoms with Gasteiger partial charge in [-0.3, -0.25) is 14.5 Å². The van der Waals surface area contributed by atoms with E-state index in [0.717, 1.165) is 39.0 Å². The van der Waals surface area contributed by atoms with Crippen LogP contribution in [0.15, 0.2) is 45.8 Å². The average Bonchev–Trinajstić information content (AvgIpc) is 3.25. The molecule has 2 aliphatic heterocycles. The van der Waals surface area contributed by atoms with Gasteiger partial charge in [-0.2, -0.15) is 0 Å². The summed E-state index contributed by atoms with van der Waals surface area (Å²) < 4.78 is 16.4. The third-order valence-corrected chi connectivity index (χ3v) is 5.35. The van der Waals surface area contributed by atoms with Gasteiger partial charge in [0.15, 0.2) is 6.61 Å². The van der Waals surface area contributed by atoms with Gasteiger partial charge in [0.05, 0.1) is 12.6 Å². The zero-order valence-electron chi connectivity index (χ0n) is 16.4. The van der Waals surface area contributed by atoms with Crippen LogP contribution in [0.25, 0.3) is 0 Å². The van der Waals surface area contributed by atoms with Crippen LogP contribution in [-0.4, -0.2) is 43.2 Å². The fourth-order valence-electron chi connectivity index (χ4n) is 3.76. The Morgan fingerprint density at radius 3 is 2.93 bits per heavy atom. The molecule has 0 unspecified atom stereocenters. The highest BCUT2D eigenvalue weighted by Gasteiger charge is 2.18. The Bertz CT molecular complexity index is 904. The summed E-state index contributed by atoms with van der Waals surface area (Å²) in [5, 5.41) is 2.76. The first-order valence-electron chi connectivity index (χ1n) is 10.1. The van der Waals surface area contributed by atoms with E-state index in [1.165, 1.54) is 23.5 Å². The van der Waals surface area contributed by atoms with Crippen molar-refractivity contribution in [3.05, 3.63) is 63.7 Å². The van der Waals surface area contributed by atoms with E-state index in [4.69, 9.17) is 13.9 Å². The molecule has 7 nitrogen and oxygen atoms in total. The molecule has 2 aliphatic rings. The Kier molecular flexibility index (Phi) is 6.27. The minimum Gasteiger partial charge on any atom is -0.477 e. The zero-order chi connectivity index (χ0) is 20.1. The molecule has 0 radical (unpaired) electrons. The molecule has 29 heavy (non-hydrogen) atoms. The standard InChI is InChI=1S/C22H26N2O5/c25-20-10-19(13-24-8-7-16-4-1-2-5-17(16)12-24)28-14-21(20)29-15-22(26)23-11-18-6-3-9-27-18/h1-2,4-5,10,14,18H,3,6-9,11-13,15H2,(H,23,26)/t18-/m1/s1. The summed E-state index contributed by atoms with van der Waals surface area (Å²) in [7, 11) is 0. The van der Waals surface area contributed by atoms with Gasteiger partial charge in [-0.1, -0.05) is 24.3 Å². The molecule has 154 valence electrons. The number of hydrogen-bond acceptors (Lipinski definition) is 6. The summed E-state index contributed by atoms with van der Waals surface area (Å²) in [5.41, 5.74) is 2.41. The number of ether oxygens (including phenoxy) is 2. The van der Waals surface area contributed by atoms with Crippen molar-refractivity contribution in [2.75, 3.05) is 26.3 Å². The predicted molar refractivity (Wildman–Crippen MR) is 107 cm³/mol. The molecule has 1 N–H and O–H groups in total. The summed E-state index contributed by atoms with van der Waals surface area (Å²) in [4.78, 5) is 26.4. The number of nitrogens with zero attached hydrogens (tertiary/aromatic N) is 1. The van der Waals surface area contributed by atoms with Crippen LogP contribution >= 0.6 is 0 Å². The van der Waals surface area contributed by atoms with Gasteiger partial charge in [-0.15, -0.1) is 0 Å². The van der Waals surface area contributed by atoms with Crippen molar-refractivity contribution in [2.45, 2.75) is 38.5 Å². The first-order valence-corrected chi connectivity index (χ1v) is 10.1. The Balaban J connectivity index is 1.27. The second kappa shape index (κ2) is 9.24. The highest BCUT2D eigenvalue weighted by Crippen LogP contribution is 2.20. The van der Waals surface area contributed by atoms with E-state index in [2.05, 4.69) is 28.4 Å². The van der Waals surface area contributed by atoms with E-state index in [1.807, 2.05) is 6.07 Å².